The maximum Gasteiger partial charge on any atom is 0.146 e. The number of aryl methyl sites for hydroxylation is 2. The summed E-state index contributed by atoms with van der Waals surface area (Å²) in [5.74, 6) is 0.556. The molecule has 0 spiro atoms. The predicted octanol–water partition coefficient (Wildman–Crippen LogP) is 5.80. The number of rotatable bonds is 4. The van der Waals surface area contributed by atoms with Crippen LogP contribution in [0.15, 0.2) is 53.6 Å². The molecule has 2 heterocycles. The molecule has 26 heavy (non-hydrogen) atoms. The highest BCUT2D eigenvalue weighted by Crippen LogP contribution is 2.36. The third-order valence-electron chi connectivity index (χ3n) is 4.01. The quantitative estimate of drug-likeness (QED) is 0.419. The summed E-state index contributed by atoms with van der Waals surface area (Å²) >= 11 is 3.23. The molecule has 4 aromatic rings. The van der Waals surface area contributed by atoms with Crippen LogP contribution in [0.1, 0.15) is 16.1 Å². The summed E-state index contributed by atoms with van der Waals surface area (Å²) in [4.78, 5) is 4.66. The number of aromatic nitrogens is 3. The Hall–Kier alpha value is -2.31. The highest BCUT2D eigenvalue weighted by molar-refractivity contribution is 7.98. The summed E-state index contributed by atoms with van der Waals surface area (Å²) in [5, 5.41) is 10.6. The molecule has 130 valence electrons. The van der Waals surface area contributed by atoms with Crippen molar-refractivity contribution in [2.75, 3.05) is 0 Å². The van der Waals surface area contributed by atoms with Crippen molar-refractivity contribution < 1.29 is 4.39 Å². The summed E-state index contributed by atoms with van der Waals surface area (Å²) < 4.78 is 14.2. The van der Waals surface area contributed by atoms with Gasteiger partial charge in [0.05, 0.1) is 9.71 Å². The maximum atomic E-state index is 13.2. The van der Waals surface area contributed by atoms with E-state index in [1.54, 1.807) is 35.2 Å². The van der Waals surface area contributed by atoms with Gasteiger partial charge in [-0.1, -0.05) is 41.6 Å². The molecule has 2 aromatic carbocycles. The van der Waals surface area contributed by atoms with E-state index in [0.717, 1.165) is 37.3 Å². The molecule has 0 atom stereocenters. The normalized spacial score (nSPS) is 11.2. The molecule has 0 unspecified atom stereocenters. The molecule has 0 saturated carbocycles. The van der Waals surface area contributed by atoms with E-state index < -0.39 is 0 Å². The second kappa shape index (κ2) is 7.13. The lowest BCUT2D eigenvalue weighted by atomic mass is 10.1. The smallest absolute Gasteiger partial charge is 0.146 e. The number of halogens is 1. The maximum absolute atomic E-state index is 13.2. The third-order valence-corrected chi connectivity index (χ3v) is 6.01. The van der Waals surface area contributed by atoms with E-state index in [0.29, 0.717) is 0 Å². The third kappa shape index (κ3) is 3.48. The summed E-state index contributed by atoms with van der Waals surface area (Å²) in [6.07, 6.45) is 0. The number of hydrogen-bond donors (Lipinski definition) is 0. The first-order chi connectivity index (χ1) is 12.6. The molecule has 0 radical (unpaired) electrons. The van der Waals surface area contributed by atoms with Gasteiger partial charge in [0, 0.05) is 11.3 Å². The van der Waals surface area contributed by atoms with Crippen LogP contribution in [-0.2, 0) is 5.75 Å². The van der Waals surface area contributed by atoms with E-state index in [-0.39, 0.29) is 5.82 Å². The van der Waals surface area contributed by atoms with Crippen LogP contribution in [0.5, 0.6) is 0 Å². The first kappa shape index (κ1) is 17.1. The van der Waals surface area contributed by atoms with Crippen LogP contribution in [0.4, 0.5) is 4.39 Å². The number of fused-ring (bicyclic) bond motifs is 1. The minimum Gasteiger partial charge on any atom is -0.238 e. The van der Waals surface area contributed by atoms with E-state index in [2.05, 4.69) is 46.4 Å². The van der Waals surface area contributed by atoms with Gasteiger partial charge in [0.1, 0.15) is 22.1 Å². The fourth-order valence-corrected chi connectivity index (χ4v) is 4.52. The zero-order valence-corrected chi connectivity index (χ0v) is 16.0. The highest BCUT2D eigenvalue weighted by Gasteiger charge is 2.16. The van der Waals surface area contributed by atoms with Gasteiger partial charge in [0.2, 0.25) is 0 Å². The Bertz CT molecular complexity index is 1060. The Labute approximate surface area is 159 Å². The monoisotopic (exact) mass is 381 g/mol. The van der Waals surface area contributed by atoms with Crippen LogP contribution in [0.25, 0.3) is 21.5 Å². The predicted molar refractivity (Wildman–Crippen MR) is 106 cm³/mol. The largest absolute Gasteiger partial charge is 0.238 e. The van der Waals surface area contributed by atoms with Crippen molar-refractivity contribution in [1.82, 2.24) is 15.2 Å². The summed E-state index contributed by atoms with van der Waals surface area (Å²) in [6, 6.07) is 14.8. The van der Waals surface area contributed by atoms with Crippen molar-refractivity contribution in [1.29, 1.82) is 0 Å². The van der Waals surface area contributed by atoms with Gasteiger partial charge in [-0.25, -0.2) is 9.37 Å². The van der Waals surface area contributed by atoms with Gasteiger partial charge < -0.3 is 0 Å². The molecular formula is C20H16FN3S2. The van der Waals surface area contributed by atoms with Crippen LogP contribution >= 0.6 is 23.1 Å². The van der Waals surface area contributed by atoms with Crippen molar-refractivity contribution in [2.45, 2.75) is 24.6 Å². The van der Waals surface area contributed by atoms with Crippen LogP contribution in [-0.4, -0.2) is 15.2 Å². The summed E-state index contributed by atoms with van der Waals surface area (Å²) in [5.41, 5.74) is 4.97. The molecule has 6 heteroatoms. The van der Waals surface area contributed by atoms with Gasteiger partial charge in [0.15, 0.2) is 0 Å². The van der Waals surface area contributed by atoms with E-state index in [9.17, 15) is 4.39 Å². The molecule has 2 aromatic heterocycles. The van der Waals surface area contributed by atoms with E-state index >= 15 is 0 Å². The van der Waals surface area contributed by atoms with Gasteiger partial charge in [-0.05, 0) is 43.7 Å². The second-order valence-electron chi connectivity index (χ2n) is 6.05. The number of nitrogens with zero attached hydrogens (tertiary/aromatic N) is 3. The first-order valence-corrected chi connectivity index (χ1v) is 9.98. The Morgan fingerprint density at radius 2 is 1.69 bits per heavy atom. The Morgan fingerprint density at radius 3 is 2.42 bits per heavy atom. The molecule has 0 fully saturated rings. The molecule has 0 N–H and O–H groups in total. The van der Waals surface area contributed by atoms with Gasteiger partial charge in [-0.2, -0.15) is 0 Å². The van der Waals surface area contributed by atoms with Crippen molar-refractivity contribution >= 4 is 33.3 Å². The minimum atomic E-state index is -0.260. The Kier molecular flexibility index (Phi) is 4.70. The number of thiazole rings is 1. The highest BCUT2D eigenvalue weighted by atomic mass is 32.2. The Balaban J connectivity index is 1.69. The molecule has 0 aliphatic rings. The van der Waals surface area contributed by atoms with E-state index in [1.165, 1.54) is 23.3 Å². The molecule has 4 rings (SSSR count). The summed E-state index contributed by atoms with van der Waals surface area (Å²) in [6.45, 7) is 4.06. The average Bonchev–Trinajstić information content (AvgIpc) is 3.03. The Morgan fingerprint density at radius 1 is 0.962 bits per heavy atom. The first-order valence-electron chi connectivity index (χ1n) is 8.18. The lowest BCUT2D eigenvalue weighted by molar-refractivity contribution is 0.628. The van der Waals surface area contributed by atoms with Crippen LogP contribution < -0.4 is 0 Å². The number of thioether (sulfide) groups is 1. The molecule has 0 aliphatic carbocycles. The van der Waals surface area contributed by atoms with Crippen molar-refractivity contribution in [3.05, 3.63) is 70.5 Å². The average molecular weight is 382 g/mol. The van der Waals surface area contributed by atoms with Crippen molar-refractivity contribution in [3.63, 3.8) is 0 Å². The number of hydrogen-bond acceptors (Lipinski definition) is 5. The minimum absolute atomic E-state index is 0.260. The molecule has 3 nitrogen and oxygen atoms in total. The zero-order chi connectivity index (χ0) is 18.1. The van der Waals surface area contributed by atoms with Gasteiger partial charge >= 0.3 is 0 Å². The van der Waals surface area contributed by atoms with Gasteiger partial charge in [0.25, 0.3) is 0 Å². The summed E-state index contributed by atoms with van der Waals surface area (Å²) in [7, 11) is 0. The zero-order valence-electron chi connectivity index (χ0n) is 14.4. The van der Waals surface area contributed by atoms with Gasteiger partial charge in [-0.15, -0.1) is 21.5 Å². The van der Waals surface area contributed by atoms with Crippen LogP contribution in [0.3, 0.4) is 0 Å². The fourth-order valence-electron chi connectivity index (χ4n) is 2.65. The van der Waals surface area contributed by atoms with E-state index in [1.807, 2.05) is 6.92 Å². The van der Waals surface area contributed by atoms with Crippen LogP contribution in [0, 0.1) is 19.7 Å². The molecule has 0 saturated heterocycles. The van der Waals surface area contributed by atoms with Gasteiger partial charge in [-0.3, -0.25) is 0 Å². The topological polar surface area (TPSA) is 38.7 Å². The lowest BCUT2D eigenvalue weighted by Gasteiger charge is -2.05. The molecule has 0 amide bonds. The van der Waals surface area contributed by atoms with E-state index in [4.69, 9.17) is 0 Å². The van der Waals surface area contributed by atoms with Crippen LogP contribution in [0.2, 0.25) is 0 Å². The second-order valence-corrected chi connectivity index (χ2v) is 8.21. The van der Waals surface area contributed by atoms with Crippen molar-refractivity contribution in [3.8, 4) is 11.3 Å². The lowest BCUT2D eigenvalue weighted by Crippen LogP contribution is -1.93. The number of benzene rings is 2. The molecular weight excluding hydrogens is 365 g/mol. The molecule has 0 bridgehead atoms. The standard InChI is InChI=1S/C20H16FN3S2/c1-12-3-5-14(6-4-12)11-25-20-18-19(26-13(2)22-18)17(23-24-20)15-7-9-16(21)10-8-15/h3-10H,11H2,1-2H3. The van der Waals surface area contributed by atoms with Crippen molar-refractivity contribution in [2.24, 2.45) is 0 Å². The SMILES string of the molecule is Cc1ccc(CSc2nnc(-c3ccc(F)cc3)c3sc(C)nc23)cc1. The fraction of sp³-hybridized carbons (Fsp3) is 0.150. The molecule has 0 aliphatic heterocycles.